The molecular weight excluding hydrogens is 548 g/mol. The summed E-state index contributed by atoms with van der Waals surface area (Å²) in [5.41, 5.74) is -0.670. The van der Waals surface area contributed by atoms with Gasteiger partial charge in [-0.2, -0.15) is 13.2 Å². The number of halogens is 6. The van der Waals surface area contributed by atoms with Gasteiger partial charge in [-0.05, 0) is 53.8 Å². The second-order valence-electron chi connectivity index (χ2n) is 11.6. The highest BCUT2D eigenvalue weighted by Gasteiger charge is 2.54. The normalized spacial score (nSPS) is 22.6. The van der Waals surface area contributed by atoms with Gasteiger partial charge in [-0.15, -0.1) is 10.2 Å². The van der Waals surface area contributed by atoms with Crippen LogP contribution in [0, 0.1) is 5.92 Å². The highest BCUT2D eigenvalue weighted by atomic mass is 19.4. The van der Waals surface area contributed by atoms with E-state index in [1.807, 2.05) is 0 Å². The first-order valence-electron chi connectivity index (χ1n) is 13.5. The number of piperidine rings is 1. The van der Waals surface area contributed by atoms with Crippen LogP contribution in [0.25, 0.3) is 0 Å². The summed E-state index contributed by atoms with van der Waals surface area (Å²) >= 11 is 0. The Hall–Kier alpha value is -3.41. The molecule has 1 saturated carbocycles. The maximum atomic E-state index is 15.7. The topological polar surface area (TPSA) is 54.3 Å². The Morgan fingerprint density at radius 1 is 1.12 bits per heavy atom. The number of likely N-dealkylation sites (tertiary alicyclic amines) is 1. The Labute approximate surface area is 233 Å². The van der Waals surface area contributed by atoms with E-state index in [1.54, 1.807) is 36.2 Å². The number of carbonyl (C=O) groups is 1. The maximum Gasteiger partial charge on any atom is 0.416 e. The molecule has 0 N–H and O–H groups in total. The number of benzene rings is 2. The fourth-order valence-corrected chi connectivity index (χ4v) is 6.16. The summed E-state index contributed by atoms with van der Waals surface area (Å²) in [5, 5.41) is 7.67. The highest BCUT2D eigenvalue weighted by Crippen LogP contribution is 2.58. The zero-order valence-electron chi connectivity index (χ0n) is 22.6. The molecule has 0 radical (unpaired) electrons. The summed E-state index contributed by atoms with van der Waals surface area (Å²) in [4.78, 5) is 16.5. The van der Waals surface area contributed by atoms with Crippen molar-refractivity contribution in [3.05, 3.63) is 76.4 Å². The lowest BCUT2D eigenvalue weighted by atomic mass is 9.90. The van der Waals surface area contributed by atoms with E-state index in [2.05, 4.69) is 10.2 Å². The number of fused-ring (bicyclic) bond motifs is 1. The van der Waals surface area contributed by atoms with Crippen LogP contribution < -0.4 is 4.90 Å². The zero-order valence-corrected chi connectivity index (χ0v) is 22.6. The second kappa shape index (κ2) is 9.57. The van der Waals surface area contributed by atoms with E-state index in [-0.39, 0.29) is 55.1 Å². The highest BCUT2D eigenvalue weighted by molar-refractivity contribution is 6.10. The molecule has 1 aliphatic carbocycles. The van der Waals surface area contributed by atoms with Crippen LogP contribution in [0.2, 0.25) is 0 Å². The van der Waals surface area contributed by atoms with Crippen LogP contribution in [-0.2, 0) is 31.7 Å². The van der Waals surface area contributed by atoms with E-state index < -0.39 is 41.1 Å². The monoisotopic (exact) mass is 577 g/mol. The molecule has 1 aromatic heterocycles. The molecule has 1 amide bonds. The number of amides is 1. The molecule has 0 bridgehead atoms. The first-order chi connectivity index (χ1) is 19.3. The minimum absolute atomic E-state index is 0.0298. The van der Waals surface area contributed by atoms with Gasteiger partial charge in [0.25, 0.3) is 11.8 Å². The number of hydrogen-bond donors (Lipinski definition) is 0. The van der Waals surface area contributed by atoms with Gasteiger partial charge in [0.2, 0.25) is 0 Å². The minimum Gasteiger partial charge on any atom is -0.318 e. The van der Waals surface area contributed by atoms with E-state index in [1.165, 1.54) is 28.8 Å². The van der Waals surface area contributed by atoms with Crippen molar-refractivity contribution in [2.45, 2.75) is 63.0 Å². The van der Waals surface area contributed by atoms with Crippen molar-refractivity contribution in [3.8, 4) is 0 Å². The fraction of sp³-hybridized carbons (Fsp3) is 0.483. The summed E-state index contributed by atoms with van der Waals surface area (Å²) in [7, 11) is 1.65. The summed E-state index contributed by atoms with van der Waals surface area (Å²) < 4.78 is 87.7. The molecule has 2 aliphatic heterocycles. The summed E-state index contributed by atoms with van der Waals surface area (Å²) in [5.74, 6) is -4.14. The predicted molar refractivity (Wildman–Crippen MR) is 138 cm³/mol. The van der Waals surface area contributed by atoms with Crippen molar-refractivity contribution in [2.75, 3.05) is 18.0 Å². The third-order valence-corrected chi connectivity index (χ3v) is 8.81. The average Bonchev–Trinajstić information content (AvgIpc) is 3.52. The molecule has 0 unspecified atom stereocenters. The predicted octanol–water partition coefficient (Wildman–Crippen LogP) is 6.21. The molecule has 0 spiro atoms. The zero-order chi connectivity index (χ0) is 29.3. The van der Waals surface area contributed by atoms with E-state index >= 15 is 4.39 Å². The Morgan fingerprint density at radius 3 is 2.51 bits per heavy atom. The number of anilines is 1. The molecular formula is C29H29F6N5O. The molecule has 6 rings (SSSR count). The third kappa shape index (κ3) is 4.79. The van der Waals surface area contributed by atoms with Gasteiger partial charge in [0.15, 0.2) is 12.0 Å². The van der Waals surface area contributed by atoms with E-state index in [9.17, 15) is 26.7 Å². The van der Waals surface area contributed by atoms with Crippen LogP contribution in [0.3, 0.4) is 0 Å². The number of hydrogen-bond acceptors (Lipinski definition) is 4. The molecule has 6 nitrogen and oxygen atoms in total. The molecule has 41 heavy (non-hydrogen) atoms. The quantitative estimate of drug-likeness (QED) is 0.327. The lowest BCUT2D eigenvalue weighted by molar-refractivity contribution is -0.138. The van der Waals surface area contributed by atoms with Gasteiger partial charge in [-0.25, -0.2) is 13.2 Å². The van der Waals surface area contributed by atoms with Crippen molar-refractivity contribution in [2.24, 2.45) is 13.0 Å². The van der Waals surface area contributed by atoms with Crippen LogP contribution in [0.4, 0.5) is 32.0 Å². The lowest BCUT2D eigenvalue weighted by Gasteiger charge is -2.36. The molecule has 3 heterocycles. The van der Waals surface area contributed by atoms with Crippen LogP contribution >= 0.6 is 0 Å². The number of rotatable bonds is 6. The van der Waals surface area contributed by atoms with Gasteiger partial charge < -0.3 is 9.47 Å². The first-order valence-corrected chi connectivity index (χ1v) is 13.5. The maximum absolute atomic E-state index is 15.7. The van der Waals surface area contributed by atoms with Crippen LogP contribution in [-0.4, -0.2) is 44.6 Å². The molecule has 3 aliphatic rings. The van der Waals surface area contributed by atoms with Crippen molar-refractivity contribution in [3.63, 3.8) is 0 Å². The van der Waals surface area contributed by atoms with Crippen LogP contribution in [0.15, 0.2) is 42.7 Å². The van der Waals surface area contributed by atoms with Crippen LogP contribution in [0.1, 0.15) is 70.8 Å². The third-order valence-electron chi connectivity index (χ3n) is 8.81. The SMILES string of the molecule is C[C@H]1CN(Cc2cc3c(c(C(F)(F)F)c2)CN(c2cccc(C4([C@H](F)c5nncn5C)CC4)c2)C3=O)CCC1(F)F. The number of alkyl halides is 6. The number of aromatic nitrogens is 3. The first kappa shape index (κ1) is 27.7. The smallest absolute Gasteiger partial charge is 0.318 e. The molecule has 2 atom stereocenters. The van der Waals surface area contributed by atoms with Gasteiger partial charge in [0, 0.05) is 55.7 Å². The Kier molecular flexibility index (Phi) is 6.48. The van der Waals surface area contributed by atoms with Gasteiger partial charge in [-0.3, -0.25) is 9.69 Å². The standard InChI is InChI=1S/C29H29F6N5O/c1-17-13-39(9-8-28(17,31)32)14-18-10-21-22(23(11-18)29(33,34)35)15-40(26(21)41)20-5-3-4-19(12-20)27(6-7-27)24(30)25-37-36-16-38(25)2/h3-5,10-12,16-17,24H,6-9,13-15H2,1-2H3/t17-,24+/m0/s1. The second-order valence-corrected chi connectivity index (χ2v) is 11.6. The van der Waals surface area contributed by atoms with E-state index in [4.69, 9.17) is 0 Å². The molecule has 2 fully saturated rings. The number of carbonyl (C=O) groups excluding carboxylic acids is 1. The van der Waals surface area contributed by atoms with Crippen molar-refractivity contribution in [1.82, 2.24) is 19.7 Å². The molecule has 2 aromatic carbocycles. The van der Waals surface area contributed by atoms with Gasteiger partial charge in [0.05, 0.1) is 12.1 Å². The Balaban J connectivity index is 1.29. The van der Waals surface area contributed by atoms with Gasteiger partial charge in [-0.1, -0.05) is 19.1 Å². The number of nitrogens with zero attached hydrogens (tertiary/aromatic N) is 5. The summed E-state index contributed by atoms with van der Waals surface area (Å²) in [6, 6.07) is 9.20. The summed E-state index contributed by atoms with van der Waals surface area (Å²) in [6.45, 7) is 1.27. The summed E-state index contributed by atoms with van der Waals surface area (Å²) in [6.07, 6.45) is -3.99. The van der Waals surface area contributed by atoms with Crippen molar-refractivity contribution < 1.29 is 31.1 Å². The largest absolute Gasteiger partial charge is 0.416 e. The molecule has 1 saturated heterocycles. The van der Waals surface area contributed by atoms with Crippen molar-refractivity contribution in [1.29, 1.82) is 0 Å². The van der Waals surface area contributed by atoms with Gasteiger partial charge in [0.1, 0.15) is 6.33 Å². The van der Waals surface area contributed by atoms with Gasteiger partial charge >= 0.3 is 6.18 Å². The Morgan fingerprint density at radius 2 is 1.88 bits per heavy atom. The molecule has 3 aromatic rings. The average molecular weight is 578 g/mol. The van der Waals surface area contributed by atoms with E-state index in [0.717, 1.165) is 6.07 Å². The number of aryl methyl sites for hydroxylation is 1. The Bertz CT molecular complexity index is 1500. The van der Waals surface area contributed by atoms with Crippen molar-refractivity contribution >= 4 is 11.6 Å². The van der Waals surface area contributed by atoms with E-state index in [0.29, 0.717) is 24.1 Å². The lowest BCUT2D eigenvalue weighted by Crippen LogP contribution is -2.45. The molecule has 12 heteroatoms. The minimum atomic E-state index is -4.71. The fourth-order valence-electron chi connectivity index (χ4n) is 6.16. The van der Waals surface area contributed by atoms with Crippen LogP contribution in [0.5, 0.6) is 0 Å². The molecule has 218 valence electrons.